The van der Waals surface area contributed by atoms with E-state index in [1.54, 1.807) is 4.52 Å². The molecular formula is C16H19FN6. The molecule has 0 atom stereocenters. The second kappa shape index (κ2) is 5.13. The molecule has 2 aromatic heterocycles. The summed E-state index contributed by atoms with van der Waals surface area (Å²) in [6, 6.07) is 3.44. The Labute approximate surface area is 133 Å². The van der Waals surface area contributed by atoms with Crippen molar-refractivity contribution in [3.8, 4) is 0 Å². The highest BCUT2D eigenvalue weighted by Gasteiger charge is 2.22. The van der Waals surface area contributed by atoms with Crippen LogP contribution >= 0.6 is 0 Å². The number of aromatic nitrogens is 4. The van der Waals surface area contributed by atoms with Crippen molar-refractivity contribution in [3.63, 3.8) is 0 Å². The van der Waals surface area contributed by atoms with E-state index in [0.29, 0.717) is 28.3 Å². The van der Waals surface area contributed by atoms with Crippen LogP contribution in [0.4, 0.5) is 10.3 Å². The standard InChI is InChI=1S/C16H19FN6/c1-10-8-12-14(13(17)9-10)19-16(22-6-4-21(3)5-7-22)23-15(12)18-11(2)20-23/h8-9H,4-7H2,1-3H3. The number of nitrogens with zero attached hydrogens (tertiary/aromatic N) is 6. The second-order valence-electron chi connectivity index (χ2n) is 6.24. The maximum atomic E-state index is 14.4. The van der Waals surface area contributed by atoms with Crippen molar-refractivity contribution in [3.05, 3.63) is 29.3 Å². The summed E-state index contributed by atoms with van der Waals surface area (Å²) < 4.78 is 16.2. The van der Waals surface area contributed by atoms with Gasteiger partial charge in [0.1, 0.15) is 17.2 Å². The van der Waals surface area contributed by atoms with Crippen LogP contribution < -0.4 is 4.90 Å². The predicted molar refractivity (Wildman–Crippen MR) is 87.4 cm³/mol. The largest absolute Gasteiger partial charge is 0.338 e. The molecule has 3 aromatic rings. The minimum atomic E-state index is -0.307. The molecule has 0 N–H and O–H groups in total. The first-order valence-corrected chi connectivity index (χ1v) is 7.79. The van der Waals surface area contributed by atoms with Gasteiger partial charge in [0.05, 0.1) is 0 Å². The number of piperazine rings is 1. The van der Waals surface area contributed by atoms with Crippen molar-refractivity contribution in [1.82, 2.24) is 24.5 Å². The molecule has 0 radical (unpaired) electrons. The summed E-state index contributed by atoms with van der Waals surface area (Å²) in [7, 11) is 2.10. The molecule has 0 saturated carbocycles. The third kappa shape index (κ3) is 2.31. The normalized spacial score (nSPS) is 16.6. The Morgan fingerprint density at radius 1 is 1.04 bits per heavy atom. The molecule has 3 heterocycles. The molecule has 6 nitrogen and oxygen atoms in total. The number of likely N-dealkylation sites (N-methyl/N-ethyl adjacent to an activating group) is 1. The van der Waals surface area contributed by atoms with Crippen molar-refractivity contribution in [2.24, 2.45) is 0 Å². The predicted octanol–water partition coefficient (Wildman–Crippen LogP) is 1.79. The van der Waals surface area contributed by atoms with E-state index in [1.807, 2.05) is 19.9 Å². The highest BCUT2D eigenvalue weighted by molar-refractivity contribution is 5.93. The van der Waals surface area contributed by atoms with E-state index in [1.165, 1.54) is 6.07 Å². The first kappa shape index (κ1) is 14.3. The minimum absolute atomic E-state index is 0.307. The van der Waals surface area contributed by atoms with E-state index >= 15 is 0 Å². The summed E-state index contributed by atoms with van der Waals surface area (Å²) in [5.41, 5.74) is 1.89. The maximum Gasteiger partial charge on any atom is 0.229 e. The summed E-state index contributed by atoms with van der Waals surface area (Å²) in [4.78, 5) is 13.5. The highest BCUT2D eigenvalue weighted by Crippen LogP contribution is 2.26. The molecule has 0 aliphatic carbocycles. The van der Waals surface area contributed by atoms with E-state index < -0.39 is 0 Å². The van der Waals surface area contributed by atoms with Crippen LogP contribution in [0.2, 0.25) is 0 Å². The second-order valence-corrected chi connectivity index (χ2v) is 6.24. The highest BCUT2D eigenvalue weighted by atomic mass is 19.1. The summed E-state index contributed by atoms with van der Waals surface area (Å²) in [6.07, 6.45) is 0. The molecule has 1 aliphatic heterocycles. The van der Waals surface area contributed by atoms with E-state index in [2.05, 4.69) is 31.9 Å². The molecule has 7 heteroatoms. The van der Waals surface area contributed by atoms with Crippen LogP contribution in [-0.4, -0.2) is 57.7 Å². The maximum absolute atomic E-state index is 14.4. The number of benzene rings is 1. The van der Waals surface area contributed by atoms with Gasteiger partial charge in [0.25, 0.3) is 0 Å². The van der Waals surface area contributed by atoms with Gasteiger partial charge in [0.2, 0.25) is 5.95 Å². The Hall–Kier alpha value is -2.28. The Morgan fingerprint density at radius 2 is 1.78 bits per heavy atom. The SMILES string of the molecule is Cc1cc(F)c2nc(N3CCN(C)CC3)n3nc(C)nc3c2c1. The lowest BCUT2D eigenvalue weighted by Gasteiger charge is -2.33. The van der Waals surface area contributed by atoms with E-state index in [4.69, 9.17) is 0 Å². The molecular weight excluding hydrogens is 295 g/mol. The molecule has 23 heavy (non-hydrogen) atoms. The lowest BCUT2D eigenvalue weighted by Crippen LogP contribution is -2.45. The average Bonchev–Trinajstić information content (AvgIpc) is 2.89. The van der Waals surface area contributed by atoms with Crippen molar-refractivity contribution in [2.45, 2.75) is 13.8 Å². The van der Waals surface area contributed by atoms with Crippen LogP contribution in [0.25, 0.3) is 16.6 Å². The van der Waals surface area contributed by atoms with Crippen LogP contribution in [0.15, 0.2) is 12.1 Å². The molecule has 0 unspecified atom stereocenters. The first-order valence-electron chi connectivity index (χ1n) is 7.79. The number of fused-ring (bicyclic) bond motifs is 3. The van der Waals surface area contributed by atoms with Gasteiger partial charge >= 0.3 is 0 Å². The molecule has 1 saturated heterocycles. The van der Waals surface area contributed by atoms with Gasteiger partial charge in [-0.1, -0.05) is 0 Å². The fourth-order valence-corrected chi connectivity index (χ4v) is 3.11. The van der Waals surface area contributed by atoms with E-state index in [9.17, 15) is 4.39 Å². The van der Waals surface area contributed by atoms with Gasteiger partial charge in [-0.15, -0.1) is 5.10 Å². The molecule has 0 amide bonds. The lowest BCUT2D eigenvalue weighted by molar-refractivity contribution is 0.310. The quantitative estimate of drug-likeness (QED) is 0.685. The summed E-state index contributed by atoms with van der Waals surface area (Å²) in [5.74, 6) is 1.03. The molecule has 120 valence electrons. The Bertz CT molecular complexity index is 895. The van der Waals surface area contributed by atoms with Crippen LogP contribution in [0.1, 0.15) is 11.4 Å². The number of anilines is 1. The third-order valence-corrected chi connectivity index (χ3v) is 4.35. The topological polar surface area (TPSA) is 49.6 Å². The Kier molecular flexibility index (Phi) is 3.19. The molecule has 1 aliphatic rings. The fourth-order valence-electron chi connectivity index (χ4n) is 3.11. The van der Waals surface area contributed by atoms with Crippen LogP contribution in [-0.2, 0) is 0 Å². The van der Waals surface area contributed by atoms with Crippen LogP contribution in [0, 0.1) is 19.7 Å². The van der Waals surface area contributed by atoms with Gasteiger partial charge in [-0.25, -0.2) is 14.4 Å². The number of halogens is 1. The number of rotatable bonds is 1. The van der Waals surface area contributed by atoms with Crippen molar-refractivity contribution >= 4 is 22.5 Å². The summed E-state index contributed by atoms with van der Waals surface area (Å²) in [6.45, 7) is 7.30. The molecule has 1 aromatic carbocycles. The third-order valence-electron chi connectivity index (χ3n) is 4.35. The van der Waals surface area contributed by atoms with Gasteiger partial charge in [0, 0.05) is 31.6 Å². The number of hydrogen-bond donors (Lipinski definition) is 0. The monoisotopic (exact) mass is 314 g/mol. The Balaban J connectivity index is 1.99. The number of aryl methyl sites for hydroxylation is 2. The average molecular weight is 314 g/mol. The molecule has 1 fully saturated rings. The lowest BCUT2D eigenvalue weighted by atomic mass is 10.1. The van der Waals surface area contributed by atoms with Crippen LogP contribution in [0.5, 0.6) is 0 Å². The smallest absolute Gasteiger partial charge is 0.229 e. The summed E-state index contributed by atoms with van der Waals surface area (Å²) >= 11 is 0. The minimum Gasteiger partial charge on any atom is -0.338 e. The van der Waals surface area contributed by atoms with Crippen molar-refractivity contribution in [2.75, 3.05) is 38.1 Å². The van der Waals surface area contributed by atoms with Gasteiger partial charge in [-0.3, -0.25) is 0 Å². The zero-order valence-corrected chi connectivity index (χ0v) is 13.5. The van der Waals surface area contributed by atoms with Crippen molar-refractivity contribution < 1.29 is 4.39 Å². The summed E-state index contributed by atoms with van der Waals surface area (Å²) in [5, 5.41) is 5.19. The molecule has 0 spiro atoms. The van der Waals surface area contributed by atoms with E-state index in [-0.39, 0.29) is 5.82 Å². The number of hydrogen-bond acceptors (Lipinski definition) is 5. The zero-order chi connectivity index (χ0) is 16.1. The molecule has 0 bridgehead atoms. The first-order chi connectivity index (χ1) is 11.0. The van der Waals surface area contributed by atoms with Crippen molar-refractivity contribution in [1.29, 1.82) is 0 Å². The zero-order valence-electron chi connectivity index (χ0n) is 13.5. The van der Waals surface area contributed by atoms with Gasteiger partial charge < -0.3 is 9.80 Å². The van der Waals surface area contributed by atoms with Gasteiger partial charge in [-0.05, 0) is 38.6 Å². The molecule has 4 rings (SSSR count). The fraction of sp³-hybridized carbons (Fsp3) is 0.438. The van der Waals surface area contributed by atoms with Gasteiger partial charge in [-0.2, -0.15) is 4.52 Å². The van der Waals surface area contributed by atoms with E-state index in [0.717, 1.165) is 31.7 Å². The van der Waals surface area contributed by atoms with Gasteiger partial charge in [0.15, 0.2) is 5.65 Å². The van der Waals surface area contributed by atoms with Crippen LogP contribution in [0.3, 0.4) is 0 Å². The Morgan fingerprint density at radius 3 is 2.52 bits per heavy atom.